The first-order valence-electron chi connectivity index (χ1n) is 10.3. The number of hydrogen-bond acceptors (Lipinski definition) is 14. The highest BCUT2D eigenvalue weighted by molar-refractivity contribution is 5.94. The Kier molecular flexibility index (Phi) is 11.2. The van der Waals surface area contributed by atoms with Crippen molar-refractivity contribution in [3.63, 3.8) is 0 Å². The molecule has 0 spiro atoms. The Bertz CT molecular complexity index is 1070. The first-order valence-corrected chi connectivity index (χ1v) is 10.3. The lowest BCUT2D eigenvalue weighted by molar-refractivity contribution is -0.492. The van der Waals surface area contributed by atoms with E-state index in [-0.39, 0.29) is 48.0 Å². The summed E-state index contributed by atoms with van der Waals surface area (Å²) in [7, 11) is 0. The average molecular weight is 508 g/mol. The van der Waals surface area contributed by atoms with Crippen molar-refractivity contribution in [1.82, 2.24) is 5.39 Å². The van der Waals surface area contributed by atoms with Crippen LogP contribution in [0.2, 0.25) is 0 Å². The minimum absolute atomic E-state index is 0.0140. The zero-order valence-electron chi connectivity index (χ0n) is 19.1. The fraction of sp³-hybridized carbons (Fsp3) is 0.273. The zero-order valence-corrected chi connectivity index (χ0v) is 19.1. The Morgan fingerprint density at radius 3 is 2.31 bits per heavy atom. The number of nitrogens with two attached hydrogens (primary N) is 1. The van der Waals surface area contributed by atoms with Gasteiger partial charge in [0.15, 0.2) is 11.5 Å². The van der Waals surface area contributed by atoms with Crippen LogP contribution in [0, 0.1) is 0 Å². The summed E-state index contributed by atoms with van der Waals surface area (Å²) >= 11 is 0. The molecule has 0 bridgehead atoms. The first kappa shape index (κ1) is 28.2. The molecule has 2 rings (SSSR count). The molecule has 194 valence electrons. The van der Waals surface area contributed by atoms with E-state index in [1.165, 1.54) is 43.3 Å². The monoisotopic (exact) mass is 508 g/mol. The summed E-state index contributed by atoms with van der Waals surface area (Å²) in [6.45, 7) is -0.0614. The number of esters is 4. The second-order valence-corrected chi connectivity index (χ2v) is 6.70. The fourth-order valence-electron chi connectivity index (χ4n) is 2.56. The van der Waals surface area contributed by atoms with Gasteiger partial charge in [0.2, 0.25) is 6.79 Å². The summed E-state index contributed by atoms with van der Waals surface area (Å²) in [6.07, 6.45) is 0.234. The number of rotatable bonds is 13. The van der Waals surface area contributed by atoms with Crippen molar-refractivity contribution in [2.24, 2.45) is 5.73 Å². The summed E-state index contributed by atoms with van der Waals surface area (Å²) in [5.41, 5.74) is 5.16. The van der Waals surface area contributed by atoms with Crippen LogP contribution in [0.25, 0.3) is 0 Å². The van der Waals surface area contributed by atoms with Crippen LogP contribution < -0.4 is 19.9 Å². The largest absolute Gasteiger partial charge is 0.490 e. The van der Waals surface area contributed by atoms with Gasteiger partial charge >= 0.3 is 23.9 Å². The third-order valence-corrected chi connectivity index (χ3v) is 4.06. The highest BCUT2D eigenvalue weighted by Crippen LogP contribution is 2.29. The van der Waals surface area contributed by atoms with Crippen LogP contribution >= 0.6 is 0 Å². The van der Waals surface area contributed by atoms with Crippen molar-refractivity contribution in [3.8, 4) is 17.2 Å². The molecular weight excluding hydrogens is 484 g/mol. The van der Waals surface area contributed by atoms with E-state index >= 15 is 0 Å². The Labute approximate surface area is 204 Å². The molecule has 2 aromatic carbocycles. The van der Waals surface area contributed by atoms with Crippen LogP contribution in [0.1, 0.15) is 34.1 Å². The molecule has 0 aliphatic carbocycles. The Morgan fingerprint density at radius 1 is 0.889 bits per heavy atom. The van der Waals surface area contributed by atoms with Crippen LogP contribution in [0.3, 0.4) is 0 Å². The Hall–Kier alpha value is -4.08. The Morgan fingerprint density at radius 2 is 1.61 bits per heavy atom. The van der Waals surface area contributed by atoms with E-state index in [0.717, 1.165) is 0 Å². The fourth-order valence-corrected chi connectivity index (χ4v) is 2.56. The van der Waals surface area contributed by atoms with E-state index in [9.17, 15) is 19.2 Å². The minimum atomic E-state index is -0.910. The molecule has 0 saturated carbocycles. The summed E-state index contributed by atoms with van der Waals surface area (Å²) in [5, 5.41) is 16.5. The number of nitrogens with zero attached hydrogens (tertiary/aromatic N) is 1. The van der Waals surface area contributed by atoms with Gasteiger partial charge in [-0.05, 0) is 30.3 Å². The smallest absolute Gasteiger partial charge is 0.344 e. The highest BCUT2D eigenvalue weighted by Gasteiger charge is 2.18. The molecule has 0 amide bonds. The zero-order chi connectivity index (χ0) is 26.5. The second-order valence-electron chi connectivity index (χ2n) is 6.70. The van der Waals surface area contributed by atoms with Gasteiger partial charge in [-0.2, -0.15) is 0 Å². The van der Waals surface area contributed by atoms with E-state index < -0.39 is 42.6 Å². The van der Waals surface area contributed by atoms with Crippen molar-refractivity contribution in [2.45, 2.75) is 13.3 Å². The lowest BCUT2D eigenvalue weighted by Crippen LogP contribution is -2.20. The first-order chi connectivity index (χ1) is 17.2. The number of carbonyl (C=O) groups is 4. The van der Waals surface area contributed by atoms with Crippen LogP contribution in [0.15, 0.2) is 42.5 Å². The minimum Gasteiger partial charge on any atom is -0.490 e. The molecule has 0 fully saturated rings. The van der Waals surface area contributed by atoms with Crippen LogP contribution in [0.4, 0.5) is 0 Å². The van der Waals surface area contributed by atoms with E-state index in [0.29, 0.717) is 0 Å². The molecule has 0 atom stereocenters. The highest BCUT2D eigenvalue weighted by atomic mass is 17.1. The van der Waals surface area contributed by atoms with Crippen molar-refractivity contribution < 1.29 is 58.1 Å². The van der Waals surface area contributed by atoms with Gasteiger partial charge in [0.05, 0.1) is 30.7 Å². The molecule has 0 radical (unpaired) electrons. The molecule has 0 saturated heterocycles. The molecular formula is C22H24N2O12. The van der Waals surface area contributed by atoms with E-state index in [1.807, 2.05) is 0 Å². The lowest BCUT2D eigenvalue weighted by atomic mass is 10.2. The second kappa shape index (κ2) is 14.3. The van der Waals surface area contributed by atoms with Gasteiger partial charge in [-0.15, -0.1) is 0 Å². The van der Waals surface area contributed by atoms with Crippen molar-refractivity contribution >= 4 is 23.9 Å². The molecule has 0 aromatic heterocycles. The molecule has 36 heavy (non-hydrogen) atoms. The van der Waals surface area contributed by atoms with E-state index in [1.54, 1.807) is 6.07 Å². The van der Waals surface area contributed by atoms with Gasteiger partial charge in [0.1, 0.15) is 11.3 Å². The number of benzene rings is 2. The number of carbonyl (C=O) groups excluding carboxylic acids is 4. The predicted octanol–water partition coefficient (Wildman–Crippen LogP) is 1.23. The maximum atomic E-state index is 12.4. The van der Waals surface area contributed by atoms with Gasteiger partial charge in [-0.25, -0.2) is 9.59 Å². The van der Waals surface area contributed by atoms with Gasteiger partial charge in [-0.3, -0.25) is 24.8 Å². The van der Waals surface area contributed by atoms with Gasteiger partial charge < -0.3 is 29.4 Å². The quantitative estimate of drug-likeness (QED) is 0.115. The molecule has 0 aliphatic heterocycles. The predicted molar refractivity (Wildman–Crippen MR) is 116 cm³/mol. The average Bonchev–Trinajstić information content (AvgIpc) is 2.84. The van der Waals surface area contributed by atoms with Gasteiger partial charge in [-0.1, -0.05) is 12.1 Å². The normalized spacial score (nSPS) is 10.5. The summed E-state index contributed by atoms with van der Waals surface area (Å²) < 4.78 is 25.3. The van der Waals surface area contributed by atoms with Crippen molar-refractivity contribution in [3.05, 3.63) is 53.6 Å². The molecule has 14 heteroatoms. The maximum Gasteiger partial charge on any atom is 0.344 e. The molecule has 2 aromatic rings. The maximum absolute atomic E-state index is 12.4. The summed E-state index contributed by atoms with van der Waals surface area (Å²) in [4.78, 5) is 51.9. The molecule has 0 unspecified atom stereocenters. The molecule has 0 heterocycles. The van der Waals surface area contributed by atoms with Gasteiger partial charge in [0.25, 0.3) is 0 Å². The SMILES string of the molecule is CC(=O)Oc1ccccc1C(=O)OCOC(=O)c1ccc(OCCCON(O)O)c(OC(=O)CN)c1. The van der Waals surface area contributed by atoms with Crippen molar-refractivity contribution in [1.29, 1.82) is 0 Å². The third kappa shape index (κ3) is 9.28. The standard InChI is InChI=1S/C22H24N2O12/c1-14(25)35-17-6-3-2-5-16(17)22(28)33-13-32-21(27)15-7-8-18(19(11-15)36-20(26)12-23)31-9-4-10-34-24(29)30/h2-3,5-8,11,29-30H,4,9-10,12-13,23H2,1H3. The van der Waals surface area contributed by atoms with Gasteiger partial charge in [0, 0.05) is 13.3 Å². The van der Waals surface area contributed by atoms with Crippen LogP contribution in [0.5, 0.6) is 17.2 Å². The topological polar surface area (TPSA) is 193 Å². The number of para-hydroxylation sites is 1. The number of hydrogen-bond donors (Lipinski definition) is 3. The van der Waals surface area contributed by atoms with Crippen LogP contribution in [-0.4, -0.2) is 66.2 Å². The lowest BCUT2D eigenvalue weighted by Gasteiger charge is -2.13. The number of ether oxygens (including phenoxy) is 5. The van der Waals surface area contributed by atoms with E-state index in [2.05, 4.69) is 4.84 Å². The molecule has 14 nitrogen and oxygen atoms in total. The summed E-state index contributed by atoms with van der Waals surface area (Å²) in [6, 6.07) is 9.68. The van der Waals surface area contributed by atoms with Crippen molar-refractivity contribution in [2.75, 3.05) is 26.6 Å². The third-order valence-electron chi connectivity index (χ3n) is 4.06. The molecule has 0 aliphatic rings. The van der Waals surface area contributed by atoms with E-state index in [4.69, 9.17) is 39.8 Å². The Balaban J connectivity index is 2.00. The molecule has 4 N–H and O–H groups in total. The van der Waals surface area contributed by atoms with Crippen LogP contribution in [-0.2, 0) is 23.9 Å². The summed E-state index contributed by atoms with van der Waals surface area (Å²) in [5.74, 6) is -3.28.